The molecule has 2 aliphatic carbocycles. The van der Waals surface area contributed by atoms with Gasteiger partial charge in [0.1, 0.15) is 5.75 Å². The van der Waals surface area contributed by atoms with E-state index < -0.39 is 0 Å². The van der Waals surface area contributed by atoms with Crippen molar-refractivity contribution in [1.29, 1.82) is 0 Å². The highest BCUT2D eigenvalue weighted by Gasteiger charge is 2.46. The van der Waals surface area contributed by atoms with E-state index in [1.807, 2.05) is 12.1 Å². The summed E-state index contributed by atoms with van der Waals surface area (Å²) >= 11 is 0. The molecule has 102 valence electrons. The van der Waals surface area contributed by atoms with Gasteiger partial charge in [-0.2, -0.15) is 0 Å². The van der Waals surface area contributed by atoms with Gasteiger partial charge in [0.05, 0.1) is 6.10 Å². The predicted molar refractivity (Wildman–Crippen MR) is 76.3 cm³/mol. The average Bonchev–Trinajstić information content (AvgIpc) is 2.38. The maximum absolute atomic E-state index is 10.1. The number of fused-ring (bicyclic) bond motifs is 3. The number of benzene rings is 1. The van der Waals surface area contributed by atoms with Crippen LogP contribution in [-0.4, -0.2) is 16.3 Å². The minimum atomic E-state index is -0.198. The quantitative estimate of drug-likeness (QED) is 0.799. The lowest BCUT2D eigenvalue weighted by Gasteiger charge is -2.50. The lowest BCUT2D eigenvalue weighted by molar-refractivity contribution is 0.0394. The third-order valence-corrected chi connectivity index (χ3v) is 5.13. The molecule has 1 aromatic rings. The van der Waals surface area contributed by atoms with Crippen molar-refractivity contribution in [2.75, 3.05) is 0 Å². The van der Waals surface area contributed by atoms with Gasteiger partial charge in [-0.25, -0.2) is 0 Å². The number of phenolic OH excluding ortho intramolecular Hbond substituents is 1. The third-order valence-electron chi connectivity index (χ3n) is 5.13. The van der Waals surface area contributed by atoms with Gasteiger partial charge in [0.2, 0.25) is 0 Å². The van der Waals surface area contributed by atoms with Crippen LogP contribution in [0.3, 0.4) is 0 Å². The molecule has 0 aromatic heterocycles. The summed E-state index contributed by atoms with van der Waals surface area (Å²) in [5.41, 5.74) is 2.63. The number of hydrogen-bond donors (Lipinski definition) is 2. The molecule has 1 aromatic carbocycles. The largest absolute Gasteiger partial charge is 0.508 e. The number of hydrogen-bond acceptors (Lipinski definition) is 2. The van der Waals surface area contributed by atoms with Crippen LogP contribution in [0.15, 0.2) is 30.9 Å². The van der Waals surface area contributed by atoms with Gasteiger partial charge in [-0.15, -0.1) is 6.58 Å². The van der Waals surface area contributed by atoms with Crippen molar-refractivity contribution in [2.24, 2.45) is 5.92 Å². The molecule has 3 rings (SSSR count). The predicted octanol–water partition coefficient (Wildman–Crippen LogP) is 3.31. The van der Waals surface area contributed by atoms with Crippen LogP contribution in [0.5, 0.6) is 5.75 Å². The first-order valence-corrected chi connectivity index (χ1v) is 7.27. The number of aliphatic hydroxyl groups excluding tert-OH is 1. The summed E-state index contributed by atoms with van der Waals surface area (Å²) in [6.45, 7) is 3.93. The highest BCUT2D eigenvalue weighted by Crippen LogP contribution is 2.52. The smallest absolute Gasteiger partial charge is 0.115 e. The molecular weight excluding hydrogens is 236 g/mol. The second kappa shape index (κ2) is 4.68. The Bertz CT molecular complexity index is 494. The first kappa shape index (κ1) is 12.7. The molecule has 2 nitrogen and oxygen atoms in total. The first-order chi connectivity index (χ1) is 9.15. The molecule has 0 aliphatic heterocycles. The van der Waals surface area contributed by atoms with E-state index in [1.165, 1.54) is 11.1 Å². The Hall–Kier alpha value is -1.28. The monoisotopic (exact) mass is 258 g/mol. The van der Waals surface area contributed by atoms with Gasteiger partial charge in [-0.05, 0) is 67.7 Å². The zero-order valence-corrected chi connectivity index (χ0v) is 11.3. The van der Waals surface area contributed by atoms with Crippen LogP contribution in [0.25, 0.3) is 0 Å². The lowest BCUT2D eigenvalue weighted by atomic mass is 9.55. The molecule has 19 heavy (non-hydrogen) atoms. The molecule has 0 bridgehead atoms. The van der Waals surface area contributed by atoms with Crippen molar-refractivity contribution in [2.45, 2.75) is 50.0 Å². The minimum Gasteiger partial charge on any atom is -0.508 e. The molecule has 2 N–H and O–H groups in total. The summed E-state index contributed by atoms with van der Waals surface area (Å²) in [4.78, 5) is 0. The molecule has 1 saturated carbocycles. The van der Waals surface area contributed by atoms with E-state index in [4.69, 9.17) is 0 Å². The first-order valence-electron chi connectivity index (χ1n) is 7.27. The highest BCUT2D eigenvalue weighted by atomic mass is 16.3. The van der Waals surface area contributed by atoms with Crippen molar-refractivity contribution >= 4 is 0 Å². The molecule has 1 fully saturated rings. The van der Waals surface area contributed by atoms with E-state index >= 15 is 0 Å². The topological polar surface area (TPSA) is 40.5 Å². The molecule has 0 saturated heterocycles. The summed E-state index contributed by atoms with van der Waals surface area (Å²) < 4.78 is 0. The lowest BCUT2D eigenvalue weighted by Crippen LogP contribution is -2.45. The second-order valence-corrected chi connectivity index (χ2v) is 6.16. The summed E-state index contributed by atoms with van der Waals surface area (Å²) in [6, 6.07) is 5.75. The van der Waals surface area contributed by atoms with Gasteiger partial charge in [0.15, 0.2) is 0 Å². The zero-order chi connectivity index (χ0) is 13.5. The summed E-state index contributed by atoms with van der Waals surface area (Å²) in [5.74, 6) is 0.994. The molecule has 2 aliphatic rings. The summed E-state index contributed by atoms with van der Waals surface area (Å²) in [6.07, 6.45) is 7.80. The Labute approximate surface area is 114 Å². The Balaban J connectivity index is 2.11. The number of rotatable bonds is 2. The van der Waals surface area contributed by atoms with Crippen LogP contribution in [-0.2, 0) is 11.8 Å². The Morgan fingerprint density at radius 1 is 1.32 bits per heavy atom. The van der Waals surface area contributed by atoms with Gasteiger partial charge in [-0.1, -0.05) is 12.1 Å². The molecule has 0 radical (unpaired) electrons. The van der Waals surface area contributed by atoms with Crippen molar-refractivity contribution in [3.8, 4) is 5.75 Å². The van der Waals surface area contributed by atoms with Crippen molar-refractivity contribution in [3.63, 3.8) is 0 Å². The van der Waals surface area contributed by atoms with Crippen LogP contribution < -0.4 is 0 Å². The fourth-order valence-corrected chi connectivity index (χ4v) is 4.33. The number of aliphatic hydroxyl groups is 1. The number of aromatic hydroxyl groups is 1. The van der Waals surface area contributed by atoms with Crippen LogP contribution in [0, 0.1) is 5.92 Å². The van der Waals surface area contributed by atoms with Crippen molar-refractivity contribution in [1.82, 2.24) is 0 Å². The number of allylic oxidation sites excluding steroid dienone is 1. The maximum atomic E-state index is 10.1. The number of phenols is 1. The fourth-order valence-electron chi connectivity index (χ4n) is 4.33. The van der Waals surface area contributed by atoms with Crippen molar-refractivity contribution in [3.05, 3.63) is 42.0 Å². The van der Waals surface area contributed by atoms with E-state index in [1.54, 1.807) is 6.07 Å². The van der Waals surface area contributed by atoms with Crippen LogP contribution in [0.4, 0.5) is 0 Å². The molecule has 2 heteroatoms. The standard InChI is InChI=1S/C17H22O2/c1-2-9-17-11-15(19)6-5-13(17)4-3-12-10-14(18)7-8-16(12)17/h2,7-8,10,13,15,18-19H,1,3-6,9,11H2. The fraction of sp³-hybridized carbons (Fsp3) is 0.529. The summed E-state index contributed by atoms with van der Waals surface area (Å²) in [7, 11) is 0. The van der Waals surface area contributed by atoms with E-state index in [-0.39, 0.29) is 11.5 Å². The normalized spacial score (nSPS) is 33.3. The minimum absolute atomic E-state index is 0.0424. The van der Waals surface area contributed by atoms with E-state index in [9.17, 15) is 10.2 Å². The Morgan fingerprint density at radius 2 is 2.16 bits per heavy atom. The molecule has 0 amide bonds. The highest BCUT2D eigenvalue weighted by molar-refractivity contribution is 5.43. The SMILES string of the molecule is C=CCC12CC(O)CCC1CCc1cc(O)ccc12. The molecule has 3 unspecified atom stereocenters. The van der Waals surface area contributed by atoms with Gasteiger partial charge in [0, 0.05) is 5.41 Å². The average molecular weight is 258 g/mol. The van der Waals surface area contributed by atoms with Gasteiger partial charge < -0.3 is 10.2 Å². The number of aryl methyl sites for hydroxylation is 1. The van der Waals surface area contributed by atoms with E-state index in [0.717, 1.165) is 38.5 Å². The van der Waals surface area contributed by atoms with Crippen LogP contribution in [0.1, 0.15) is 43.2 Å². The van der Waals surface area contributed by atoms with Crippen LogP contribution in [0.2, 0.25) is 0 Å². The molecule has 3 atom stereocenters. The van der Waals surface area contributed by atoms with Gasteiger partial charge >= 0.3 is 0 Å². The zero-order valence-electron chi connectivity index (χ0n) is 11.3. The van der Waals surface area contributed by atoms with E-state index in [0.29, 0.717) is 11.7 Å². The van der Waals surface area contributed by atoms with E-state index in [2.05, 4.69) is 12.6 Å². The molecular formula is C17H22O2. The van der Waals surface area contributed by atoms with Crippen LogP contribution >= 0.6 is 0 Å². The van der Waals surface area contributed by atoms with Gasteiger partial charge in [0.25, 0.3) is 0 Å². The third kappa shape index (κ3) is 1.99. The van der Waals surface area contributed by atoms with Crippen molar-refractivity contribution < 1.29 is 10.2 Å². The molecule has 0 heterocycles. The second-order valence-electron chi connectivity index (χ2n) is 6.16. The Kier molecular flexibility index (Phi) is 3.14. The Morgan fingerprint density at radius 3 is 2.95 bits per heavy atom. The molecule has 0 spiro atoms. The maximum Gasteiger partial charge on any atom is 0.115 e. The summed E-state index contributed by atoms with van der Waals surface area (Å²) in [5, 5.41) is 19.8. The van der Waals surface area contributed by atoms with Gasteiger partial charge in [-0.3, -0.25) is 0 Å².